The molecular weight excluding hydrogens is 396 g/mol. The standard InChI is InChI=1S/C23H22N4O4/c28-14-13-27-22(29)17-6-2-1-5-16(17)20(25-27)23(30)26-11-9-15(10-12-26)21-24-18-7-3-4-8-19(18)31-21/h1-8,15,28H,9-14H2. The van der Waals surface area contributed by atoms with Crippen LogP contribution in [0.2, 0.25) is 0 Å². The Hall–Kier alpha value is -3.52. The van der Waals surface area contributed by atoms with Crippen molar-refractivity contribution >= 4 is 27.8 Å². The van der Waals surface area contributed by atoms with Crippen LogP contribution in [0.3, 0.4) is 0 Å². The summed E-state index contributed by atoms with van der Waals surface area (Å²) < 4.78 is 7.08. The van der Waals surface area contributed by atoms with E-state index in [1.807, 2.05) is 24.3 Å². The molecule has 8 heteroatoms. The summed E-state index contributed by atoms with van der Waals surface area (Å²) in [7, 11) is 0. The molecule has 4 aromatic rings. The highest BCUT2D eigenvalue weighted by atomic mass is 16.3. The lowest BCUT2D eigenvalue weighted by atomic mass is 9.96. The highest BCUT2D eigenvalue weighted by molar-refractivity contribution is 6.04. The second-order valence-electron chi connectivity index (χ2n) is 7.73. The molecule has 8 nitrogen and oxygen atoms in total. The van der Waals surface area contributed by atoms with Crippen LogP contribution in [0.1, 0.15) is 35.1 Å². The fourth-order valence-electron chi connectivity index (χ4n) is 4.18. The number of likely N-dealkylation sites (tertiary alicyclic amines) is 1. The molecule has 31 heavy (non-hydrogen) atoms. The molecule has 5 rings (SSSR count). The zero-order chi connectivity index (χ0) is 21.4. The van der Waals surface area contributed by atoms with Crippen molar-refractivity contribution in [2.45, 2.75) is 25.3 Å². The van der Waals surface area contributed by atoms with Gasteiger partial charge in [-0.25, -0.2) is 9.67 Å². The van der Waals surface area contributed by atoms with Gasteiger partial charge >= 0.3 is 0 Å². The molecule has 0 atom stereocenters. The number of hydrogen-bond donors (Lipinski definition) is 1. The summed E-state index contributed by atoms with van der Waals surface area (Å²) in [6.07, 6.45) is 1.49. The minimum absolute atomic E-state index is 0.0454. The largest absolute Gasteiger partial charge is 0.440 e. The average molecular weight is 418 g/mol. The average Bonchev–Trinajstić information content (AvgIpc) is 3.25. The minimum Gasteiger partial charge on any atom is -0.440 e. The summed E-state index contributed by atoms with van der Waals surface area (Å²) in [6.45, 7) is 0.924. The van der Waals surface area contributed by atoms with Crippen molar-refractivity contribution in [3.05, 3.63) is 70.5 Å². The van der Waals surface area contributed by atoms with Crippen molar-refractivity contribution in [3.63, 3.8) is 0 Å². The number of aliphatic hydroxyl groups excluding tert-OH is 1. The Kier molecular flexibility index (Phi) is 4.99. The van der Waals surface area contributed by atoms with Crippen LogP contribution in [-0.2, 0) is 6.54 Å². The zero-order valence-electron chi connectivity index (χ0n) is 16.9. The van der Waals surface area contributed by atoms with Crippen molar-refractivity contribution in [3.8, 4) is 0 Å². The van der Waals surface area contributed by atoms with Crippen LogP contribution < -0.4 is 5.56 Å². The Balaban J connectivity index is 1.39. The monoisotopic (exact) mass is 418 g/mol. The second kappa shape index (κ2) is 7.96. The van der Waals surface area contributed by atoms with Gasteiger partial charge in [-0.2, -0.15) is 5.10 Å². The van der Waals surface area contributed by atoms with Gasteiger partial charge in [-0.15, -0.1) is 0 Å². The SMILES string of the molecule is O=C(c1nn(CCO)c(=O)c2ccccc12)N1CCC(c2nc3ccccc3o2)CC1. The van der Waals surface area contributed by atoms with Gasteiger partial charge in [0.1, 0.15) is 5.52 Å². The molecule has 0 aliphatic carbocycles. The number of fused-ring (bicyclic) bond motifs is 2. The van der Waals surface area contributed by atoms with E-state index in [1.54, 1.807) is 29.2 Å². The maximum absolute atomic E-state index is 13.3. The number of para-hydroxylation sites is 2. The van der Waals surface area contributed by atoms with Gasteiger partial charge in [-0.1, -0.05) is 30.3 Å². The van der Waals surface area contributed by atoms with E-state index in [0.29, 0.717) is 29.8 Å². The number of amides is 1. The van der Waals surface area contributed by atoms with Gasteiger partial charge in [0.05, 0.1) is 18.5 Å². The van der Waals surface area contributed by atoms with E-state index in [-0.39, 0.29) is 36.2 Å². The van der Waals surface area contributed by atoms with Crippen LogP contribution in [-0.4, -0.2) is 50.4 Å². The first-order chi connectivity index (χ1) is 15.2. The van der Waals surface area contributed by atoms with Crippen LogP contribution in [0.25, 0.3) is 21.9 Å². The number of aliphatic hydroxyl groups is 1. The van der Waals surface area contributed by atoms with Crippen LogP contribution in [0, 0.1) is 0 Å². The topological polar surface area (TPSA) is 101 Å². The molecule has 1 N–H and O–H groups in total. The van der Waals surface area contributed by atoms with Crippen LogP contribution in [0.4, 0.5) is 0 Å². The number of carbonyl (C=O) groups excluding carboxylic acids is 1. The molecule has 158 valence electrons. The van der Waals surface area contributed by atoms with E-state index in [0.717, 1.165) is 23.9 Å². The molecule has 1 amide bonds. The first-order valence-electron chi connectivity index (χ1n) is 10.4. The van der Waals surface area contributed by atoms with Crippen molar-refractivity contribution in [1.29, 1.82) is 0 Å². The number of rotatable bonds is 4. The quantitative estimate of drug-likeness (QED) is 0.547. The van der Waals surface area contributed by atoms with Crippen molar-refractivity contribution < 1.29 is 14.3 Å². The number of benzene rings is 2. The van der Waals surface area contributed by atoms with Crippen LogP contribution in [0.5, 0.6) is 0 Å². The second-order valence-corrected chi connectivity index (χ2v) is 7.73. The maximum atomic E-state index is 13.3. The first kappa shape index (κ1) is 19.4. The summed E-state index contributed by atoms with van der Waals surface area (Å²) in [5.74, 6) is 0.664. The number of piperidine rings is 1. The van der Waals surface area contributed by atoms with Gasteiger partial charge in [0, 0.05) is 24.4 Å². The van der Waals surface area contributed by atoms with Crippen molar-refractivity contribution in [2.24, 2.45) is 0 Å². The molecular formula is C23H22N4O4. The van der Waals surface area contributed by atoms with E-state index in [9.17, 15) is 14.7 Å². The normalized spacial score (nSPS) is 15.1. The van der Waals surface area contributed by atoms with E-state index in [2.05, 4.69) is 10.1 Å². The molecule has 1 aliphatic heterocycles. The highest BCUT2D eigenvalue weighted by Gasteiger charge is 2.29. The molecule has 0 bridgehead atoms. The third-order valence-electron chi connectivity index (χ3n) is 5.82. The smallest absolute Gasteiger partial charge is 0.274 e. The highest BCUT2D eigenvalue weighted by Crippen LogP contribution is 2.30. The minimum atomic E-state index is -0.309. The third kappa shape index (κ3) is 3.48. The summed E-state index contributed by atoms with van der Waals surface area (Å²) in [6, 6.07) is 14.7. The fraction of sp³-hybridized carbons (Fsp3) is 0.304. The Labute approximate surface area is 177 Å². The maximum Gasteiger partial charge on any atom is 0.274 e. The van der Waals surface area contributed by atoms with Gasteiger partial charge < -0.3 is 14.4 Å². The Morgan fingerprint density at radius 2 is 1.77 bits per heavy atom. The molecule has 0 saturated carbocycles. The number of aromatic nitrogens is 3. The molecule has 0 spiro atoms. The number of oxazole rings is 1. The predicted molar refractivity (Wildman–Crippen MR) is 115 cm³/mol. The van der Waals surface area contributed by atoms with E-state index in [4.69, 9.17) is 4.42 Å². The molecule has 0 radical (unpaired) electrons. The van der Waals surface area contributed by atoms with Gasteiger partial charge in [0.15, 0.2) is 17.2 Å². The van der Waals surface area contributed by atoms with E-state index < -0.39 is 0 Å². The predicted octanol–water partition coefficient (Wildman–Crippen LogP) is 2.55. The Morgan fingerprint density at radius 3 is 2.52 bits per heavy atom. The van der Waals surface area contributed by atoms with Gasteiger partial charge in [-0.3, -0.25) is 9.59 Å². The third-order valence-corrected chi connectivity index (χ3v) is 5.82. The molecule has 1 fully saturated rings. The lowest BCUT2D eigenvalue weighted by Gasteiger charge is -2.30. The number of carbonyl (C=O) groups is 1. The summed E-state index contributed by atoms with van der Waals surface area (Å²) in [5.41, 5.74) is 1.55. The molecule has 2 aromatic carbocycles. The van der Waals surface area contributed by atoms with E-state index in [1.165, 1.54) is 4.68 Å². The first-order valence-corrected chi connectivity index (χ1v) is 10.4. The van der Waals surface area contributed by atoms with Crippen LogP contribution in [0.15, 0.2) is 57.7 Å². The lowest BCUT2D eigenvalue weighted by Crippen LogP contribution is -2.39. The van der Waals surface area contributed by atoms with Crippen molar-refractivity contribution in [1.82, 2.24) is 19.7 Å². The number of nitrogens with zero attached hydrogens (tertiary/aromatic N) is 4. The number of hydrogen-bond acceptors (Lipinski definition) is 6. The molecule has 3 heterocycles. The summed E-state index contributed by atoms with van der Waals surface area (Å²) >= 11 is 0. The molecule has 2 aromatic heterocycles. The Bertz CT molecular complexity index is 1290. The Morgan fingerprint density at radius 1 is 1.06 bits per heavy atom. The van der Waals surface area contributed by atoms with Gasteiger partial charge in [0.25, 0.3) is 11.5 Å². The lowest BCUT2D eigenvalue weighted by molar-refractivity contribution is 0.0699. The summed E-state index contributed by atoms with van der Waals surface area (Å²) in [4.78, 5) is 32.3. The fourth-order valence-corrected chi connectivity index (χ4v) is 4.18. The van der Waals surface area contributed by atoms with Gasteiger partial charge in [-0.05, 0) is 31.0 Å². The molecule has 1 aliphatic rings. The summed E-state index contributed by atoms with van der Waals surface area (Å²) in [5, 5.41) is 14.5. The molecule has 1 saturated heterocycles. The van der Waals surface area contributed by atoms with E-state index >= 15 is 0 Å². The van der Waals surface area contributed by atoms with Gasteiger partial charge in [0.2, 0.25) is 0 Å². The molecule has 0 unspecified atom stereocenters. The zero-order valence-corrected chi connectivity index (χ0v) is 16.9. The van der Waals surface area contributed by atoms with Crippen LogP contribution >= 0.6 is 0 Å². The van der Waals surface area contributed by atoms with Crippen molar-refractivity contribution in [2.75, 3.05) is 19.7 Å².